The van der Waals surface area contributed by atoms with Crippen molar-refractivity contribution in [3.8, 4) is 0 Å². The molecule has 0 radical (unpaired) electrons. The molecule has 1 rings (SSSR count). The van der Waals surface area contributed by atoms with Crippen LogP contribution in [0.2, 0.25) is 0 Å². The number of carboxylic acids is 2. The minimum atomic E-state index is -1.20. The molecule has 0 aliphatic heterocycles. The van der Waals surface area contributed by atoms with Crippen molar-refractivity contribution < 1.29 is 29.4 Å². The van der Waals surface area contributed by atoms with E-state index in [0.717, 1.165) is 0 Å². The van der Waals surface area contributed by atoms with Crippen LogP contribution in [0.25, 0.3) is 0 Å². The Hall–Kier alpha value is -3.16. The SMILES string of the molecule is CC[C@H](C(=N)C(=O)Cc1ccc(CC(=O)C(=N)[C@@H](CC)C(=O)O)cc1)C(=O)O. The molecule has 0 spiro atoms. The number of hydrogen-bond donors (Lipinski definition) is 4. The van der Waals surface area contributed by atoms with E-state index in [2.05, 4.69) is 0 Å². The zero-order chi connectivity index (χ0) is 21.4. The predicted molar refractivity (Wildman–Crippen MR) is 102 cm³/mol. The Balaban J connectivity index is 2.76. The molecule has 1 aromatic rings. The van der Waals surface area contributed by atoms with Crippen molar-refractivity contribution in [1.82, 2.24) is 0 Å². The molecule has 0 saturated carbocycles. The fraction of sp³-hybridized carbons (Fsp3) is 0.400. The van der Waals surface area contributed by atoms with E-state index < -0.39 is 46.8 Å². The monoisotopic (exact) mass is 388 g/mol. The highest BCUT2D eigenvalue weighted by molar-refractivity contribution is 6.43. The molecule has 2 atom stereocenters. The quantitative estimate of drug-likeness (QED) is 0.402. The lowest BCUT2D eigenvalue weighted by Gasteiger charge is -2.11. The van der Waals surface area contributed by atoms with Crippen molar-refractivity contribution in [2.75, 3.05) is 0 Å². The summed E-state index contributed by atoms with van der Waals surface area (Å²) in [6, 6.07) is 6.36. The van der Waals surface area contributed by atoms with Crippen molar-refractivity contribution in [3.05, 3.63) is 35.4 Å². The fourth-order valence-electron chi connectivity index (χ4n) is 2.73. The molecular formula is C20H24N2O6. The van der Waals surface area contributed by atoms with E-state index in [-0.39, 0.29) is 25.7 Å². The standard InChI is InChI=1S/C20H24N2O6/c1-3-13(19(25)26)17(21)15(23)9-11-5-7-12(8-6-11)10-16(24)18(22)14(4-2)20(27)28/h5-8,13-14,21-22H,3-4,9-10H2,1-2H3,(H,25,26)(H,27,28)/t13-,14-/m1/s1. The van der Waals surface area contributed by atoms with Crippen LogP contribution in [-0.2, 0) is 32.0 Å². The summed E-state index contributed by atoms with van der Waals surface area (Å²) in [5.74, 6) is -5.82. The first-order valence-electron chi connectivity index (χ1n) is 8.88. The third-order valence-corrected chi connectivity index (χ3v) is 4.46. The minimum Gasteiger partial charge on any atom is -0.481 e. The van der Waals surface area contributed by atoms with E-state index >= 15 is 0 Å². The number of carbonyl (C=O) groups excluding carboxylic acids is 2. The van der Waals surface area contributed by atoms with Gasteiger partial charge in [-0.2, -0.15) is 0 Å². The number of rotatable bonds is 12. The molecule has 0 fully saturated rings. The van der Waals surface area contributed by atoms with Crippen molar-refractivity contribution in [2.24, 2.45) is 11.8 Å². The second kappa shape index (κ2) is 10.2. The minimum absolute atomic E-state index is 0.121. The van der Waals surface area contributed by atoms with Gasteiger partial charge >= 0.3 is 11.9 Å². The maximum Gasteiger partial charge on any atom is 0.312 e. The Morgan fingerprint density at radius 3 is 1.25 bits per heavy atom. The lowest BCUT2D eigenvalue weighted by atomic mass is 9.92. The van der Waals surface area contributed by atoms with E-state index in [1.807, 2.05) is 0 Å². The van der Waals surface area contributed by atoms with Crippen LogP contribution in [-0.4, -0.2) is 45.1 Å². The van der Waals surface area contributed by atoms with Gasteiger partial charge < -0.3 is 21.0 Å². The second-order valence-electron chi connectivity index (χ2n) is 6.44. The van der Waals surface area contributed by atoms with Gasteiger partial charge in [0.1, 0.15) is 11.8 Å². The van der Waals surface area contributed by atoms with Gasteiger partial charge in [0.25, 0.3) is 0 Å². The Labute approximate surface area is 162 Å². The number of Topliss-reactive ketones (excluding diaryl/α,β-unsaturated/α-hetero) is 2. The first kappa shape index (κ1) is 22.9. The van der Waals surface area contributed by atoms with Gasteiger partial charge in [0.2, 0.25) is 0 Å². The normalized spacial score (nSPS) is 12.6. The Kier molecular flexibility index (Phi) is 8.37. The average Bonchev–Trinajstić information content (AvgIpc) is 2.63. The average molecular weight is 388 g/mol. The third-order valence-electron chi connectivity index (χ3n) is 4.46. The summed E-state index contributed by atoms with van der Waals surface area (Å²) in [5.41, 5.74) is 0.250. The molecule has 8 nitrogen and oxygen atoms in total. The molecule has 0 aromatic heterocycles. The largest absolute Gasteiger partial charge is 0.481 e. The number of hydrogen-bond acceptors (Lipinski definition) is 6. The summed E-state index contributed by atoms with van der Waals surface area (Å²) in [6.07, 6.45) is 0.0667. The molecule has 0 heterocycles. The molecule has 0 aliphatic rings. The summed E-state index contributed by atoms with van der Waals surface area (Å²) in [7, 11) is 0. The summed E-state index contributed by atoms with van der Waals surface area (Å²) in [5, 5.41) is 33.6. The van der Waals surface area contributed by atoms with Crippen molar-refractivity contribution in [1.29, 1.82) is 10.8 Å². The molecule has 0 unspecified atom stereocenters. The summed E-state index contributed by atoms with van der Waals surface area (Å²) in [4.78, 5) is 46.4. The van der Waals surface area contributed by atoms with E-state index in [0.29, 0.717) is 11.1 Å². The van der Waals surface area contributed by atoms with Gasteiger partial charge in [0, 0.05) is 12.8 Å². The Morgan fingerprint density at radius 2 is 1.04 bits per heavy atom. The van der Waals surface area contributed by atoms with E-state index in [1.165, 1.54) is 0 Å². The van der Waals surface area contributed by atoms with Crippen LogP contribution in [0.5, 0.6) is 0 Å². The highest BCUT2D eigenvalue weighted by Crippen LogP contribution is 2.13. The molecule has 0 bridgehead atoms. The van der Waals surface area contributed by atoms with E-state index in [1.54, 1.807) is 38.1 Å². The number of carbonyl (C=O) groups is 4. The number of carboxylic acid groups (broad SMARTS) is 2. The van der Waals surface area contributed by atoms with Crippen LogP contribution in [0, 0.1) is 22.7 Å². The van der Waals surface area contributed by atoms with Gasteiger partial charge in [-0.05, 0) is 24.0 Å². The third kappa shape index (κ3) is 5.94. The lowest BCUT2D eigenvalue weighted by molar-refractivity contribution is -0.140. The van der Waals surface area contributed by atoms with Crippen molar-refractivity contribution in [3.63, 3.8) is 0 Å². The molecule has 28 heavy (non-hydrogen) atoms. The van der Waals surface area contributed by atoms with E-state index in [4.69, 9.17) is 21.0 Å². The highest BCUT2D eigenvalue weighted by Gasteiger charge is 2.27. The van der Waals surface area contributed by atoms with Crippen molar-refractivity contribution in [2.45, 2.75) is 39.5 Å². The fourth-order valence-corrected chi connectivity index (χ4v) is 2.73. The van der Waals surface area contributed by atoms with Crippen LogP contribution in [0.3, 0.4) is 0 Å². The van der Waals surface area contributed by atoms with Crippen molar-refractivity contribution >= 4 is 34.9 Å². The van der Waals surface area contributed by atoms with Crippen LogP contribution in [0.15, 0.2) is 24.3 Å². The number of aliphatic carboxylic acids is 2. The van der Waals surface area contributed by atoms with Crippen LogP contribution < -0.4 is 0 Å². The van der Waals surface area contributed by atoms with Gasteiger partial charge in [-0.3, -0.25) is 19.2 Å². The van der Waals surface area contributed by atoms with Crippen LogP contribution in [0.4, 0.5) is 0 Å². The maximum absolute atomic E-state index is 12.1. The second-order valence-corrected chi connectivity index (χ2v) is 6.44. The molecule has 150 valence electrons. The zero-order valence-electron chi connectivity index (χ0n) is 15.8. The number of ketones is 2. The highest BCUT2D eigenvalue weighted by atomic mass is 16.4. The predicted octanol–water partition coefficient (Wildman–Crippen LogP) is 2.17. The number of benzene rings is 1. The van der Waals surface area contributed by atoms with Crippen LogP contribution >= 0.6 is 0 Å². The van der Waals surface area contributed by atoms with Gasteiger partial charge in [-0.15, -0.1) is 0 Å². The van der Waals surface area contributed by atoms with Gasteiger partial charge in [0.15, 0.2) is 11.6 Å². The first-order valence-corrected chi connectivity index (χ1v) is 8.88. The molecule has 8 heteroatoms. The van der Waals surface area contributed by atoms with Gasteiger partial charge in [-0.25, -0.2) is 0 Å². The first-order chi connectivity index (χ1) is 13.1. The zero-order valence-corrected chi connectivity index (χ0v) is 15.8. The summed E-state index contributed by atoms with van der Waals surface area (Å²) < 4.78 is 0. The van der Waals surface area contributed by atoms with Crippen LogP contribution in [0.1, 0.15) is 37.8 Å². The Morgan fingerprint density at radius 1 is 0.750 bits per heavy atom. The number of nitrogens with one attached hydrogen (secondary N) is 2. The molecule has 0 aliphatic carbocycles. The smallest absolute Gasteiger partial charge is 0.312 e. The van der Waals surface area contributed by atoms with Gasteiger partial charge in [0.05, 0.1) is 11.4 Å². The molecular weight excluding hydrogens is 364 g/mol. The van der Waals surface area contributed by atoms with Gasteiger partial charge in [-0.1, -0.05) is 38.1 Å². The molecule has 0 saturated heterocycles. The maximum atomic E-state index is 12.1. The summed E-state index contributed by atoms with van der Waals surface area (Å²) in [6.45, 7) is 3.19. The molecule has 0 amide bonds. The summed E-state index contributed by atoms with van der Waals surface area (Å²) >= 11 is 0. The lowest BCUT2D eigenvalue weighted by Crippen LogP contribution is -2.30. The topological polar surface area (TPSA) is 156 Å². The van der Waals surface area contributed by atoms with E-state index in [9.17, 15) is 19.2 Å². The Bertz CT molecular complexity index is 730. The molecule has 4 N–H and O–H groups in total. The molecule has 1 aromatic carbocycles.